The lowest BCUT2D eigenvalue weighted by molar-refractivity contribution is 0.667. The molecule has 7 aromatic rings. The molecule has 0 spiro atoms. The van der Waals surface area contributed by atoms with Crippen molar-refractivity contribution < 1.29 is 0 Å². The number of aromatic nitrogens is 2. The van der Waals surface area contributed by atoms with Crippen molar-refractivity contribution in [3.63, 3.8) is 0 Å². The predicted molar refractivity (Wildman–Crippen MR) is 186 cm³/mol. The average Bonchev–Trinajstić information content (AvgIpc) is 3.62. The maximum Gasteiger partial charge on any atom is 0.101 e. The summed E-state index contributed by atoms with van der Waals surface area (Å²) < 4.78 is 2.31. The molecule has 2 unspecified atom stereocenters. The van der Waals surface area contributed by atoms with Crippen molar-refractivity contribution in [1.82, 2.24) is 9.55 Å². The molecule has 4 heterocycles. The number of benzene rings is 5. The SMILES string of the molecule is C1=CC2C(N=C1)c1ccccc1N2c1ccc(-c2ccc(Cc3ccc(-n4c5ccccc5c5ncccc54)cc3)cc2)cc1. The maximum absolute atomic E-state index is 4.79. The van der Waals surface area contributed by atoms with E-state index in [0.717, 1.165) is 23.1 Å². The van der Waals surface area contributed by atoms with Gasteiger partial charge in [0.05, 0.1) is 22.6 Å². The second kappa shape index (κ2) is 10.5. The van der Waals surface area contributed by atoms with Gasteiger partial charge in [0, 0.05) is 40.4 Å². The van der Waals surface area contributed by atoms with Crippen LogP contribution in [0.4, 0.5) is 11.4 Å². The Morgan fingerprint density at radius 1 is 0.600 bits per heavy atom. The second-order valence-corrected chi connectivity index (χ2v) is 11.9. The normalized spacial score (nSPS) is 16.8. The highest BCUT2D eigenvalue weighted by Gasteiger charge is 2.38. The second-order valence-electron chi connectivity index (χ2n) is 11.9. The van der Waals surface area contributed by atoms with Crippen molar-refractivity contribution in [2.45, 2.75) is 18.5 Å². The summed E-state index contributed by atoms with van der Waals surface area (Å²) in [6.45, 7) is 0. The van der Waals surface area contributed by atoms with Crippen LogP contribution in [0.5, 0.6) is 0 Å². The zero-order chi connectivity index (χ0) is 29.7. The van der Waals surface area contributed by atoms with Gasteiger partial charge in [0.1, 0.15) is 6.04 Å². The molecule has 45 heavy (non-hydrogen) atoms. The van der Waals surface area contributed by atoms with Gasteiger partial charge in [-0.3, -0.25) is 9.98 Å². The van der Waals surface area contributed by atoms with E-state index in [1.54, 1.807) is 0 Å². The fraction of sp³-hybridized carbons (Fsp3) is 0.0732. The van der Waals surface area contributed by atoms with E-state index in [4.69, 9.17) is 4.99 Å². The molecule has 5 aromatic carbocycles. The first-order valence-corrected chi connectivity index (χ1v) is 15.5. The molecule has 214 valence electrons. The number of fused-ring (bicyclic) bond motifs is 6. The van der Waals surface area contributed by atoms with E-state index >= 15 is 0 Å². The Balaban J connectivity index is 0.937. The smallest absolute Gasteiger partial charge is 0.101 e. The number of aliphatic imine (C=N–C) groups is 1. The number of hydrogen-bond acceptors (Lipinski definition) is 3. The van der Waals surface area contributed by atoms with Crippen molar-refractivity contribution in [2.75, 3.05) is 4.90 Å². The van der Waals surface area contributed by atoms with Crippen LogP contribution >= 0.6 is 0 Å². The summed E-state index contributed by atoms with van der Waals surface area (Å²) >= 11 is 0. The molecule has 0 fully saturated rings. The molecule has 2 atom stereocenters. The van der Waals surface area contributed by atoms with Gasteiger partial charge in [-0.1, -0.05) is 91.0 Å². The zero-order valence-electron chi connectivity index (χ0n) is 24.7. The van der Waals surface area contributed by atoms with Gasteiger partial charge in [-0.15, -0.1) is 0 Å². The molecule has 0 aliphatic carbocycles. The van der Waals surface area contributed by atoms with E-state index in [0.29, 0.717) is 0 Å². The standard InChI is InChI=1S/C41H30N4/c1-3-9-36-34(7-1)40-38(11-5-25-42-40)44(36)32-21-15-29(16-22-32)27-28-13-17-30(18-14-28)31-19-23-33(24-20-31)45-37-10-4-2-8-35(37)41-39(45)12-6-26-43-41/h1-26,39,41H,27H2. The van der Waals surface area contributed by atoms with Gasteiger partial charge in [-0.2, -0.15) is 0 Å². The Kier molecular flexibility index (Phi) is 5.98. The lowest BCUT2D eigenvalue weighted by Crippen LogP contribution is -2.28. The Morgan fingerprint density at radius 3 is 2.09 bits per heavy atom. The molecule has 0 N–H and O–H groups in total. The molecule has 0 radical (unpaired) electrons. The van der Waals surface area contributed by atoms with Crippen LogP contribution in [0.2, 0.25) is 0 Å². The van der Waals surface area contributed by atoms with E-state index in [1.165, 1.54) is 50.1 Å². The Morgan fingerprint density at radius 2 is 1.27 bits per heavy atom. The van der Waals surface area contributed by atoms with Gasteiger partial charge in [0.2, 0.25) is 0 Å². The van der Waals surface area contributed by atoms with Crippen LogP contribution in [-0.2, 0) is 6.42 Å². The minimum absolute atomic E-state index is 0.153. The monoisotopic (exact) mass is 578 g/mol. The van der Waals surface area contributed by atoms with Crippen LogP contribution in [0.1, 0.15) is 22.7 Å². The molecule has 0 bridgehead atoms. The molecule has 2 aliphatic heterocycles. The third kappa shape index (κ3) is 4.29. The first-order chi connectivity index (χ1) is 22.3. The number of allylic oxidation sites excluding steroid dienone is 1. The van der Waals surface area contributed by atoms with Gasteiger partial charge in [-0.25, -0.2) is 0 Å². The molecule has 2 aromatic heterocycles. The number of anilines is 2. The fourth-order valence-electron chi connectivity index (χ4n) is 7.11. The first-order valence-electron chi connectivity index (χ1n) is 15.5. The summed E-state index contributed by atoms with van der Waals surface area (Å²) in [6.07, 6.45) is 9.01. The fourth-order valence-corrected chi connectivity index (χ4v) is 7.11. The Hall–Kier alpha value is -5.74. The molecule has 2 aliphatic rings. The summed E-state index contributed by atoms with van der Waals surface area (Å²) in [4.78, 5) is 11.9. The van der Waals surface area contributed by atoms with E-state index < -0.39 is 0 Å². The predicted octanol–water partition coefficient (Wildman–Crippen LogP) is 9.64. The van der Waals surface area contributed by atoms with Crippen LogP contribution in [0.3, 0.4) is 0 Å². The molecule has 0 saturated heterocycles. The summed E-state index contributed by atoms with van der Waals surface area (Å²) in [5, 5.41) is 1.18. The zero-order valence-corrected chi connectivity index (χ0v) is 24.7. The summed E-state index contributed by atoms with van der Waals surface area (Å²) in [7, 11) is 0. The average molecular weight is 579 g/mol. The van der Waals surface area contributed by atoms with Crippen molar-refractivity contribution >= 4 is 39.5 Å². The number of rotatable bonds is 5. The van der Waals surface area contributed by atoms with Crippen LogP contribution in [0.15, 0.2) is 157 Å². The van der Waals surface area contributed by atoms with Gasteiger partial charge < -0.3 is 9.47 Å². The lowest BCUT2D eigenvalue weighted by atomic mass is 9.99. The number of hydrogen-bond donors (Lipinski definition) is 0. The van der Waals surface area contributed by atoms with Gasteiger partial charge >= 0.3 is 0 Å². The third-order valence-electron chi connectivity index (χ3n) is 9.24. The van der Waals surface area contributed by atoms with Crippen LogP contribution in [0, 0.1) is 0 Å². The van der Waals surface area contributed by atoms with Crippen molar-refractivity contribution in [1.29, 1.82) is 0 Å². The summed E-state index contributed by atoms with van der Waals surface area (Å²) in [5.74, 6) is 0. The van der Waals surface area contributed by atoms with Gasteiger partial charge in [-0.05, 0) is 83.3 Å². The van der Waals surface area contributed by atoms with Gasteiger partial charge in [0.25, 0.3) is 0 Å². The molecule has 0 amide bonds. The van der Waals surface area contributed by atoms with Crippen LogP contribution < -0.4 is 4.90 Å². The highest BCUT2D eigenvalue weighted by molar-refractivity contribution is 6.06. The number of pyridine rings is 1. The molecular formula is C41H30N4. The quantitative estimate of drug-likeness (QED) is 0.204. The molecular weight excluding hydrogens is 548 g/mol. The van der Waals surface area contributed by atoms with E-state index in [-0.39, 0.29) is 12.1 Å². The van der Waals surface area contributed by atoms with Crippen molar-refractivity contribution in [2.24, 2.45) is 4.99 Å². The molecule has 0 saturated carbocycles. The van der Waals surface area contributed by atoms with Crippen LogP contribution in [-0.4, -0.2) is 21.8 Å². The van der Waals surface area contributed by atoms with E-state index in [2.05, 4.69) is 154 Å². The minimum Gasteiger partial charge on any atom is -0.332 e. The molecule has 9 rings (SSSR count). The van der Waals surface area contributed by atoms with Crippen LogP contribution in [0.25, 0.3) is 38.8 Å². The summed E-state index contributed by atoms with van der Waals surface area (Å²) in [5.41, 5.74) is 13.3. The third-order valence-corrected chi connectivity index (χ3v) is 9.24. The Labute approximate surface area is 262 Å². The van der Waals surface area contributed by atoms with E-state index in [9.17, 15) is 0 Å². The summed E-state index contributed by atoms with van der Waals surface area (Å²) in [6, 6.07) is 48.5. The van der Waals surface area contributed by atoms with Crippen molar-refractivity contribution in [3.8, 4) is 16.8 Å². The highest BCUT2D eigenvalue weighted by atomic mass is 15.2. The molecule has 4 nitrogen and oxygen atoms in total. The first kappa shape index (κ1) is 25.7. The minimum atomic E-state index is 0.153. The van der Waals surface area contributed by atoms with Gasteiger partial charge in [0.15, 0.2) is 0 Å². The number of para-hydroxylation sites is 2. The number of nitrogens with zero attached hydrogens (tertiary/aromatic N) is 4. The maximum atomic E-state index is 4.79. The van der Waals surface area contributed by atoms with E-state index in [1.807, 2.05) is 18.5 Å². The number of dihydropyridines is 1. The lowest BCUT2D eigenvalue weighted by Gasteiger charge is -2.28. The molecule has 4 heteroatoms. The topological polar surface area (TPSA) is 33.4 Å². The highest BCUT2D eigenvalue weighted by Crippen LogP contribution is 2.47. The Bertz CT molecular complexity index is 2190. The van der Waals surface area contributed by atoms with Crippen molar-refractivity contribution in [3.05, 3.63) is 168 Å². The largest absolute Gasteiger partial charge is 0.332 e.